The number of nitrogens with one attached hydrogen (secondary N) is 1. The maximum atomic E-state index is 11.6. The smallest absolute Gasteiger partial charge is 0.332 e. The lowest BCUT2D eigenvalue weighted by Gasteiger charge is -2.30. The van der Waals surface area contributed by atoms with E-state index in [1.165, 1.54) is 0 Å². The fraction of sp³-hybridized carbons (Fsp3) is 0.444. The summed E-state index contributed by atoms with van der Waals surface area (Å²) in [6.45, 7) is 5.58. The Labute approximate surface area is 152 Å². The lowest BCUT2D eigenvalue weighted by molar-refractivity contribution is -0.385. The molecule has 138 valence electrons. The number of nitro groups is 1. The van der Waals surface area contributed by atoms with E-state index in [9.17, 15) is 10.1 Å². The van der Waals surface area contributed by atoms with Gasteiger partial charge in [-0.3, -0.25) is 10.1 Å². The van der Waals surface area contributed by atoms with Crippen molar-refractivity contribution in [1.29, 1.82) is 0 Å². The van der Waals surface area contributed by atoms with E-state index in [2.05, 4.69) is 27.1 Å². The molecule has 0 saturated carbocycles. The Morgan fingerprint density at radius 1 is 1.27 bits per heavy atom. The zero-order valence-corrected chi connectivity index (χ0v) is 15.2. The van der Waals surface area contributed by atoms with Crippen LogP contribution in [-0.2, 0) is 0 Å². The molecule has 1 aromatic heterocycles. The summed E-state index contributed by atoms with van der Waals surface area (Å²) in [6, 6.07) is 7.25. The first kappa shape index (κ1) is 17.9. The molecule has 1 aromatic carbocycles. The second kappa shape index (κ2) is 7.55. The molecule has 3 rings (SSSR count). The molecule has 1 fully saturated rings. The number of hydrogen-bond acceptors (Lipinski definition) is 7. The molecule has 0 radical (unpaired) electrons. The molecular formula is C18H23N5O3. The minimum Gasteiger partial charge on any atom is -0.495 e. The number of rotatable bonds is 5. The monoisotopic (exact) mass is 357 g/mol. The van der Waals surface area contributed by atoms with Crippen LogP contribution >= 0.6 is 0 Å². The van der Waals surface area contributed by atoms with Crippen LogP contribution in [0.15, 0.2) is 24.3 Å². The summed E-state index contributed by atoms with van der Waals surface area (Å²) in [5, 5.41) is 14.6. The maximum absolute atomic E-state index is 11.6. The molecular weight excluding hydrogens is 334 g/mol. The molecule has 8 nitrogen and oxygen atoms in total. The Morgan fingerprint density at radius 3 is 2.62 bits per heavy atom. The minimum absolute atomic E-state index is 0.120. The van der Waals surface area contributed by atoms with Gasteiger partial charge in [0.15, 0.2) is 0 Å². The van der Waals surface area contributed by atoms with E-state index in [1.807, 2.05) is 12.1 Å². The Bertz CT molecular complexity index is 803. The summed E-state index contributed by atoms with van der Waals surface area (Å²) in [6.07, 6.45) is 2.13. The van der Waals surface area contributed by atoms with Crippen LogP contribution in [0.4, 0.5) is 23.1 Å². The van der Waals surface area contributed by atoms with E-state index in [-0.39, 0.29) is 11.5 Å². The summed E-state index contributed by atoms with van der Waals surface area (Å²) < 4.78 is 5.32. The molecule has 2 heterocycles. The van der Waals surface area contributed by atoms with Crippen molar-refractivity contribution >= 4 is 23.1 Å². The second-order valence-electron chi connectivity index (χ2n) is 6.56. The molecule has 1 N–H and O–H groups in total. The Kier molecular flexibility index (Phi) is 5.20. The predicted molar refractivity (Wildman–Crippen MR) is 100 cm³/mol. The van der Waals surface area contributed by atoms with Gasteiger partial charge in [0.2, 0.25) is 11.8 Å². The summed E-state index contributed by atoms with van der Waals surface area (Å²) in [4.78, 5) is 22.1. The quantitative estimate of drug-likeness (QED) is 0.644. The van der Waals surface area contributed by atoms with E-state index in [4.69, 9.17) is 4.74 Å². The molecule has 26 heavy (non-hydrogen) atoms. The van der Waals surface area contributed by atoms with Gasteiger partial charge in [0, 0.05) is 13.1 Å². The predicted octanol–water partition coefficient (Wildman–Crippen LogP) is 3.68. The third kappa shape index (κ3) is 3.68. The molecule has 2 aromatic rings. The van der Waals surface area contributed by atoms with E-state index in [0.717, 1.165) is 25.9 Å². The van der Waals surface area contributed by atoms with E-state index < -0.39 is 4.92 Å². The van der Waals surface area contributed by atoms with Crippen LogP contribution in [-0.4, -0.2) is 35.1 Å². The number of piperidine rings is 1. The van der Waals surface area contributed by atoms with Gasteiger partial charge in [0.25, 0.3) is 0 Å². The molecule has 0 amide bonds. The maximum Gasteiger partial charge on any atom is 0.332 e. The van der Waals surface area contributed by atoms with Gasteiger partial charge in [-0.15, -0.1) is 0 Å². The van der Waals surface area contributed by atoms with Crippen molar-refractivity contribution in [2.24, 2.45) is 5.92 Å². The van der Waals surface area contributed by atoms with Crippen molar-refractivity contribution in [3.63, 3.8) is 0 Å². The highest BCUT2D eigenvalue weighted by atomic mass is 16.6. The molecule has 1 aliphatic heterocycles. The SMILES string of the molecule is COc1ccccc1Nc1nc(N2CCC(C)CC2)nc(C)c1[N+](=O)[O-]. The van der Waals surface area contributed by atoms with Crippen LogP contribution < -0.4 is 15.0 Å². The Morgan fingerprint density at radius 2 is 1.96 bits per heavy atom. The van der Waals surface area contributed by atoms with Gasteiger partial charge in [-0.1, -0.05) is 19.1 Å². The molecule has 0 aliphatic carbocycles. The number of anilines is 3. The van der Waals surface area contributed by atoms with E-state index >= 15 is 0 Å². The van der Waals surface area contributed by atoms with Crippen LogP contribution in [0.2, 0.25) is 0 Å². The van der Waals surface area contributed by atoms with Crippen molar-refractivity contribution in [2.45, 2.75) is 26.7 Å². The van der Waals surface area contributed by atoms with Crippen LogP contribution in [0.3, 0.4) is 0 Å². The largest absolute Gasteiger partial charge is 0.495 e. The van der Waals surface area contributed by atoms with Crippen molar-refractivity contribution in [2.75, 3.05) is 30.4 Å². The molecule has 0 bridgehead atoms. The summed E-state index contributed by atoms with van der Waals surface area (Å²) in [5.41, 5.74) is 0.843. The number of aryl methyl sites for hydroxylation is 1. The normalized spacial score (nSPS) is 15.0. The average molecular weight is 357 g/mol. The summed E-state index contributed by atoms with van der Waals surface area (Å²) >= 11 is 0. The number of aromatic nitrogens is 2. The fourth-order valence-corrected chi connectivity index (χ4v) is 3.08. The topological polar surface area (TPSA) is 93.4 Å². The number of ether oxygens (including phenoxy) is 1. The van der Waals surface area contributed by atoms with Crippen molar-refractivity contribution in [1.82, 2.24) is 9.97 Å². The molecule has 8 heteroatoms. The molecule has 1 saturated heterocycles. The number of methoxy groups -OCH3 is 1. The lowest BCUT2D eigenvalue weighted by atomic mass is 10.00. The van der Waals surface area contributed by atoms with E-state index in [0.29, 0.717) is 29.0 Å². The number of benzene rings is 1. The zero-order chi connectivity index (χ0) is 18.7. The highest BCUT2D eigenvalue weighted by Crippen LogP contribution is 2.34. The van der Waals surface area contributed by atoms with Gasteiger partial charge < -0.3 is 15.0 Å². The van der Waals surface area contributed by atoms with E-state index in [1.54, 1.807) is 26.2 Å². The highest BCUT2D eigenvalue weighted by molar-refractivity contribution is 5.71. The average Bonchev–Trinajstić information content (AvgIpc) is 2.62. The molecule has 0 spiro atoms. The third-order valence-electron chi connectivity index (χ3n) is 4.66. The molecule has 0 unspecified atom stereocenters. The Hall–Kier alpha value is -2.90. The molecule has 0 atom stereocenters. The highest BCUT2D eigenvalue weighted by Gasteiger charge is 2.26. The number of hydrogen-bond donors (Lipinski definition) is 1. The standard InChI is InChI=1S/C18H23N5O3/c1-12-8-10-22(11-9-12)18-19-13(2)16(23(24)25)17(21-18)20-14-6-4-5-7-15(14)26-3/h4-7,12H,8-11H2,1-3H3,(H,19,20,21). The van der Waals surface area contributed by atoms with Gasteiger partial charge in [-0.05, 0) is 37.8 Å². The van der Waals surface area contributed by atoms with Gasteiger partial charge in [-0.2, -0.15) is 4.98 Å². The number of para-hydroxylation sites is 2. The van der Waals surface area contributed by atoms with Crippen molar-refractivity contribution < 1.29 is 9.66 Å². The van der Waals surface area contributed by atoms with Crippen LogP contribution in [0, 0.1) is 23.0 Å². The van der Waals surface area contributed by atoms with Gasteiger partial charge in [-0.25, -0.2) is 4.98 Å². The van der Waals surface area contributed by atoms with Crippen molar-refractivity contribution in [3.8, 4) is 5.75 Å². The first-order chi connectivity index (χ1) is 12.5. The van der Waals surface area contributed by atoms with Gasteiger partial charge >= 0.3 is 5.69 Å². The fourth-order valence-electron chi connectivity index (χ4n) is 3.08. The second-order valence-corrected chi connectivity index (χ2v) is 6.56. The lowest BCUT2D eigenvalue weighted by Crippen LogP contribution is -2.34. The summed E-state index contributed by atoms with van der Waals surface area (Å²) in [7, 11) is 1.56. The Balaban J connectivity index is 2.00. The van der Waals surface area contributed by atoms with Gasteiger partial charge in [0.1, 0.15) is 11.4 Å². The number of nitrogens with zero attached hydrogens (tertiary/aromatic N) is 4. The van der Waals surface area contributed by atoms with Crippen LogP contribution in [0.25, 0.3) is 0 Å². The minimum atomic E-state index is -0.449. The third-order valence-corrected chi connectivity index (χ3v) is 4.66. The summed E-state index contributed by atoms with van der Waals surface area (Å²) in [5.74, 6) is 1.97. The van der Waals surface area contributed by atoms with Crippen molar-refractivity contribution in [3.05, 3.63) is 40.1 Å². The van der Waals surface area contributed by atoms with Crippen LogP contribution in [0.1, 0.15) is 25.5 Å². The van der Waals surface area contributed by atoms with Gasteiger partial charge in [0.05, 0.1) is 17.7 Å². The first-order valence-electron chi connectivity index (χ1n) is 8.67. The molecule has 1 aliphatic rings. The zero-order valence-electron chi connectivity index (χ0n) is 15.2. The van der Waals surface area contributed by atoms with Crippen LogP contribution in [0.5, 0.6) is 5.75 Å². The first-order valence-corrected chi connectivity index (χ1v) is 8.67.